The Hall–Kier alpha value is -1.39. The largest absolute Gasteiger partial charge is 0.468 e. The maximum atomic E-state index is 11.8. The minimum atomic E-state index is -0.479. The number of ether oxygens (including phenoxy) is 2. The van der Waals surface area contributed by atoms with Gasteiger partial charge >= 0.3 is 5.97 Å². The van der Waals surface area contributed by atoms with E-state index in [1.165, 1.54) is 18.2 Å². The molecule has 19 heavy (non-hydrogen) atoms. The van der Waals surface area contributed by atoms with Crippen LogP contribution < -0.4 is 0 Å². The van der Waals surface area contributed by atoms with Crippen molar-refractivity contribution >= 4 is 5.97 Å². The highest BCUT2D eigenvalue weighted by Crippen LogP contribution is 2.30. The number of hydrogen-bond acceptors (Lipinski definition) is 4. The summed E-state index contributed by atoms with van der Waals surface area (Å²) in [6.07, 6.45) is 0. The Morgan fingerprint density at radius 1 is 1.47 bits per heavy atom. The highest BCUT2D eigenvalue weighted by molar-refractivity contribution is 5.78. The van der Waals surface area contributed by atoms with Gasteiger partial charge in [-0.15, -0.1) is 0 Å². The molecule has 1 aliphatic heterocycles. The molecule has 0 aromatic heterocycles. The SMILES string of the molecule is COC(=O)C1(CN(C)Cc2cccc(C)c2)COC1. The van der Waals surface area contributed by atoms with Crippen molar-refractivity contribution in [2.24, 2.45) is 5.41 Å². The Balaban J connectivity index is 1.97. The molecule has 0 spiro atoms. The summed E-state index contributed by atoms with van der Waals surface area (Å²) in [7, 11) is 3.45. The van der Waals surface area contributed by atoms with Crippen molar-refractivity contribution in [3.63, 3.8) is 0 Å². The van der Waals surface area contributed by atoms with Crippen LogP contribution in [0.4, 0.5) is 0 Å². The predicted molar refractivity (Wildman–Crippen MR) is 72.8 cm³/mol. The fraction of sp³-hybridized carbons (Fsp3) is 0.533. The molecule has 1 aliphatic rings. The lowest BCUT2D eigenvalue weighted by molar-refractivity contribution is -0.186. The van der Waals surface area contributed by atoms with E-state index >= 15 is 0 Å². The molecule has 4 nitrogen and oxygen atoms in total. The molecule has 0 aliphatic carbocycles. The molecule has 1 aromatic carbocycles. The van der Waals surface area contributed by atoms with E-state index in [-0.39, 0.29) is 5.97 Å². The third-order valence-electron chi connectivity index (χ3n) is 3.48. The van der Waals surface area contributed by atoms with Gasteiger partial charge in [-0.3, -0.25) is 4.79 Å². The van der Waals surface area contributed by atoms with E-state index in [1.54, 1.807) is 0 Å². The third kappa shape index (κ3) is 3.14. The van der Waals surface area contributed by atoms with Gasteiger partial charge in [-0.25, -0.2) is 0 Å². The zero-order valence-corrected chi connectivity index (χ0v) is 11.8. The molecule has 0 radical (unpaired) electrons. The summed E-state index contributed by atoms with van der Waals surface area (Å²) in [6, 6.07) is 8.41. The molecule has 2 rings (SSSR count). The van der Waals surface area contributed by atoms with Gasteiger partial charge in [0.1, 0.15) is 5.41 Å². The van der Waals surface area contributed by atoms with Crippen LogP contribution in [0.5, 0.6) is 0 Å². The van der Waals surface area contributed by atoms with Crippen LogP contribution in [-0.4, -0.2) is 44.8 Å². The van der Waals surface area contributed by atoms with E-state index in [4.69, 9.17) is 9.47 Å². The van der Waals surface area contributed by atoms with Crippen LogP contribution >= 0.6 is 0 Å². The molecule has 104 valence electrons. The number of rotatable bonds is 5. The van der Waals surface area contributed by atoms with Crippen LogP contribution in [0.25, 0.3) is 0 Å². The van der Waals surface area contributed by atoms with E-state index in [9.17, 15) is 4.79 Å². The van der Waals surface area contributed by atoms with Crippen molar-refractivity contribution in [1.82, 2.24) is 4.90 Å². The van der Waals surface area contributed by atoms with E-state index < -0.39 is 5.41 Å². The molecule has 1 fully saturated rings. The first kappa shape index (κ1) is 14.0. The lowest BCUT2D eigenvalue weighted by Crippen LogP contribution is -2.55. The van der Waals surface area contributed by atoms with Gasteiger partial charge in [0.05, 0.1) is 20.3 Å². The van der Waals surface area contributed by atoms with Gasteiger partial charge < -0.3 is 14.4 Å². The number of carbonyl (C=O) groups is 1. The zero-order chi connectivity index (χ0) is 13.9. The van der Waals surface area contributed by atoms with Gasteiger partial charge in [-0.1, -0.05) is 29.8 Å². The van der Waals surface area contributed by atoms with Gasteiger partial charge in [0.15, 0.2) is 0 Å². The Morgan fingerprint density at radius 3 is 2.74 bits per heavy atom. The molecule has 1 aromatic rings. The van der Waals surface area contributed by atoms with Gasteiger partial charge in [0, 0.05) is 13.1 Å². The average Bonchev–Trinajstić information content (AvgIpc) is 2.33. The molecular formula is C15H21NO3. The maximum absolute atomic E-state index is 11.8. The van der Waals surface area contributed by atoms with Crippen molar-refractivity contribution in [1.29, 1.82) is 0 Å². The Kier molecular flexibility index (Phi) is 4.22. The molecule has 0 amide bonds. The molecule has 0 atom stereocenters. The first-order chi connectivity index (χ1) is 9.05. The van der Waals surface area contributed by atoms with Gasteiger partial charge in [0.25, 0.3) is 0 Å². The third-order valence-corrected chi connectivity index (χ3v) is 3.48. The van der Waals surface area contributed by atoms with Crippen LogP contribution in [0.15, 0.2) is 24.3 Å². The number of nitrogens with zero attached hydrogens (tertiary/aromatic N) is 1. The number of aryl methyl sites for hydroxylation is 1. The van der Waals surface area contributed by atoms with Crippen molar-refractivity contribution < 1.29 is 14.3 Å². The van der Waals surface area contributed by atoms with E-state index in [0.717, 1.165) is 6.54 Å². The van der Waals surface area contributed by atoms with E-state index in [1.807, 2.05) is 7.05 Å². The fourth-order valence-electron chi connectivity index (χ4n) is 2.53. The van der Waals surface area contributed by atoms with Gasteiger partial charge in [-0.05, 0) is 19.5 Å². The average molecular weight is 263 g/mol. The topological polar surface area (TPSA) is 38.8 Å². The van der Waals surface area contributed by atoms with Crippen molar-refractivity contribution in [3.8, 4) is 0 Å². The quantitative estimate of drug-likeness (QED) is 0.757. The van der Waals surface area contributed by atoms with Crippen LogP contribution in [0.1, 0.15) is 11.1 Å². The Bertz CT molecular complexity index is 454. The summed E-state index contributed by atoms with van der Waals surface area (Å²) in [5.41, 5.74) is 2.02. The summed E-state index contributed by atoms with van der Waals surface area (Å²) in [6.45, 7) is 4.48. The van der Waals surface area contributed by atoms with Gasteiger partial charge in [0.2, 0.25) is 0 Å². The summed E-state index contributed by atoms with van der Waals surface area (Å²) in [5.74, 6) is -0.171. The lowest BCUT2D eigenvalue weighted by atomic mass is 9.85. The molecular weight excluding hydrogens is 242 g/mol. The molecule has 1 heterocycles. The lowest BCUT2D eigenvalue weighted by Gasteiger charge is -2.41. The van der Waals surface area contributed by atoms with Crippen molar-refractivity contribution in [2.75, 3.05) is 33.9 Å². The Labute approximate surface area is 114 Å². The van der Waals surface area contributed by atoms with Crippen LogP contribution in [0.2, 0.25) is 0 Å². The van der Waals surface area contributed by atoms with Gasteiger partial charge in [-0.2, -0.15) is 0 Å². The maximum Gasteiger partial charge on any atom is 0.317 e. The smallest absolute Gasteiger partial charge is 0.317 e. The minimum absolute atomic E-state index is 0.171. The number of benzene rings is 1. The molecule has 0 bridgehead atoms. The second-order valence-corrected chi connectivity index (χ2v) is 5.43. The summed E-state index contributed by atoms with van der Waals surface area (Å²) in [5, 5.41) is 0. The number of methoxy groups -OCH3 is 1. The first-order valence-corrected chi connectivity index (χ1v) is 6.46. The molecule has 1 saturated heterocycles. The highest BCUT2D eigenvalue weighted by atomic mass is 16.5. The second kappa shape index (κ2) is 5.72. The molecule has 0 saturated carbocycles. The van der Waals surface area contributed by atoms with E-state index in [2.05, 4.69) is 36.1 Å². The normalized spacial score (nSPS) is 17.1. The number of esters is 1. The van der Waals surface area contributed by atoms with E-state index in [0.29, 0.717) is 19.8 Å². The van der Waals surface area contributed by atoms with Crippen LogP contribution in [0.3, 0.4) is 0 Å². The minimum Gasteiger partial charge on any atom is -0.468 e. The Morgan fingerprint density at radius 2 is 2.21 bits per heavy atom. The number of carbonyl (C=O) groups excluding carboxylic acids is 1. The summed E-state index contributed by atoms with van der Waals surface area (Å²) < 4.78 is 10.1. The standard InChI is InChI=1S/C15H21NO3/c1-12-5-4-6-13(7-12)8-16(2)9-15(10-19-11-15)14(17)18-3/h4-7H,8-11H2,1-3H3. The molecule has 0 unspecified atom stereocenters. The molecule has 0 N–H and O–H groups in total. The first-order valence-electron chi connectivity index (χ1n) is 6.46. The fourth-order valence-corrected chi connectivity index (χ4v) is 2.53. The zero-order valence-electron chi connectivity index (χ0n) is 11.8. The summed E-state index contributed by atoms with van der Waals surface area (Å²) in [4.78, 5) is 14.0. The molecule has 4 heteroatoms. The van der Waals surface area contributed by atoms with Crippen molar-refractivity contribution in [3.05, 3.63) is 35.4 Å². The predicted octanol–water partition coefficient (Wildman–Crippen LogP) is 1.62. The highest BCUT2D eigenvalue weighted by Gasteiger charge is 2.47. The van der Waals surface area contributed by atoms with Crippen LogP contribution in [0, 0.1) is 12.3 Å². The number of hydrogen-bond donors (Lipinski definition) is 0. The monoisotopic (exact) mass is 263 g/mol. The second-order valence-electron chi connectivity index (χ2n) is 5.43. The van der Waals surface area contributed by atoms with Crippen molar-refractivity contribution in [2.45, 2.75) is 13.5 Å². The van der Waals surface area contributed by atoms with Crippen LogP contribution in [-0.2, 0) is 20.8 Å². The summed E-state index contributed by atoms with van der Waals surface area (Å²) >= 11 is 0.